The molecule has 0 radical (unpaired) electrons. The zero-order valence-corrected chi connectivity index (χ0v) is 9.05. The molecule has 2 aromatic rings. The van der Waals surface area contributed by atoms with E-state index in [0.29, 0.717) is 16.9 Å². The van der Waals surface area contributed by atoms with Crippen molar-refractivity contribution in [2.75, 3.05) is 0 Å². The summed E-state index contributed by atoms with van der Waals surface area (Å²) in [5, 5.41) is 0. The third-order valence-corrected chi connectivity index (χ3v) is 3.51. The number of fused-ring (bicyclic) bond motifs is 1. The molecule has 0 atom stereocenters. The second kappa shape index (κ2) is 3.51. The van der Waals surface area contributed by atoms with E-state index < -0.39 is 20.5 Å². The molecule has 7 heteroatoms. The molecule has 2 rings (SSSR count). The minimum absolute atomic E-state index is 0.404. The van der Waals surface area contributed by atoms with Crippen LogP contribution in [-0.4, -0.2) is 24.1 Å². The number of H-pyrrole nitrogens is 1. The molecule has 0 spiro atoms. The fourth-order valence-electron chi connectivity index (χ4n) is 1.40. The van der Waals surface area contributed by atoms with Crippen LogP contribution in [0.25, 0.3) is 11.0 Å². The van der Waals surface area contributed by atoms with Crippen molar-refractivity contribution < 1.29 is 17.2 Å². The Hall–Kier alpha value is -1.50. The molecule has 16 heavy (non-hydrogen) atoms. The van der Waals surface area contributed by atoms with Crippen LogP contribution in [0.15, 0.2) is 23.1 Å². The Kier molecular flexibility index (Phi) is 2.42. The van der Waals surface area contributed by atoms with Gasteiger partial charge in [0.25, 0.3) is 0 Å². The first-order valence-electron chi connectivity index (χ1n) is 4.39. The van der Waals surface area contributed by atoms with Crippen LogP contribution in [0.2, 0.25) is 0 Å². The summed E-state index contributed by atoms with van der Waals surface area (Å²) >= 11 is 0. The summed E-state index contributed by atoms with van der Waals surface area (Å²) in [6.45, 7) is 1.70. The van der Waals surface area contributed by atoms with Crippen molar-refractivity contribution in [2.24, 2.45) is 0 Å². The molecule has 1 heterocycles. The second-order valence-electron chi connectivity index (χ2n) is 3.31. The van der Waals surface area contributed by atoms with Gasteiger partial charge in [0.1, 0.15) is 5.82 Å². The molecule has 0 aliphatic heterocycles. The van der Waals surface area contributed by atoms with Crippen molar-refractivity contribution >= 4 is 20.9 Å². The molecular weight excluding hydrogens is 238 g/mol. The fourth-order valence-corrected chi connectivity index (χ4v) is 2.14. The van der Waals surface area contributed by atoms with Crippen molar-refractivity contribution in [1.82, 2.24) is 9.97 Å². The van der Waals surface area contributed by atoms with E-state index in [4.69, 9.17) is 0 Å². The molecule has 1 N–H and O–H groups in total. The summed E-state index contributed by atoms with van der Waals surface area (Å²) in [7, 11) is -4.54. The molecule has 0 aliphatic carbocycles. The number of imidazole rings is 1. The van der Waals surface area contributed by atoms with Gasteiger partial charge in [-0.1, -0.05) is 0 Å². The minimum Gasteiger partial charge on any atom is -0.342 e. The van der Waals surface area contributed by atoms with Crippen molar-refractivity contribution in [2.45, 2.75) is 17.6 Å². The normalized spacial score (nSPS) is 12.5. The van der Waals surface area contributed by atoms with E-state index >= 15 is 0 Å². The number of benzene rings is 1. The monoisotopic (exact) mass is 246 g/mol. The van der Waals surface area contributed by atoms with Gasteiger partial charge < -0.3 is 4.98 Å². The average molecular weight is 246 g/mol. The van der Waals surface area contributed by atoms with Crippen LogP contribution in [0.1, 0.15) is 5.82 Å². The molecular formula is C9H8F2N2O2S. The largest absolute Gasteiger partial charge is 0.342 e. The van der Waals surface area contributed by atoms with Gasteiger partial charge >= 0.3 is 5.76 Å². The molecule has 0 bridgehead atoms. The Morgan fingerprint density at radius 1 is 1.38 bits per heavy atom. The molecule has 4 nitrogen and oxygen atoms in total. The van der Waals surface area contributed by atoms with Crippen LogP contribution >= 0.6 is 0 Å². The van der Waals surface area contributed by atoms with Crippen molar-refractivity contribution in [3.8, 4) is 0 Å². The quantitative estimate of drug-likeness (QED) is 0.879. The first kappa shape index (κ1) is 11.0. The molecule has 0 saturated carbocycles. The van der Waals surface area contributed by atoms with Gasteiger partial charge in [-0.2, -0.15) is 8.78 Å². The Balaban J connectivity index is 2.63. The van der Waals surface area contributed by atoms with E-state index in [-0.39, 0.29) is 0 Å². The second-order valence-corrected chi connectivity index (χ2v) is 5.22. The van der Waals surface area contributed by atoms with Crippen molar-refractivity contribution in [3.63, 3.8) is 0 Å². The maximum atomic E-state index is 12.3. The van der Waals surface area contributed by atoms with Crippen LogP contribution in [0.3, 0.4) is 0 Å². The van der Waals surface area contributed by atoms with Crippen molar-refractivity contribution in [1.29, 1.82) is 0 Å². The van der Waals surface area contributed by atoms with E-state index in [2.05, 4.69) is 9.97 Å². The third kappa shape index (κ3) is 1.67. The zero-order chi connectivity index (χ0) is 11.9. The van der Waals surface area contributed by atoms with Gasteiger partial charge in [0.15, 0.2) is 0 Å². The molecule has 0 saturated heterocycles. The fraction of sp³-hybridized carbons (Fsp3) is 0.222. The predicted octanol–water partition coefficient (Wildman–Crippen LogP) is 1.87. The summed E-state index contributed by atoms with van der Waals surface area (Å²) < 4.78 is 47.0. The van der Waals surface area contributed by atoms with E-state index in [1.54, 1.807) is 6.92 Å². The van der Waals surface area contributed by atoms with Gasteiger partial charge in [0.05, 0.1) is 15.9 Å². The molecule has 86 valence electrons. The summed E-state index contributed by atoms with van der Waals surface area (Å²) in [6.07, 6.45) is 0. The molecule has 1 aromatic heterocycles. The number of halogens is 2. The van der Waals surface area contributed by atoms with Crippen LogP contribution in [0.5, 0.6) is 0 Å². The number of nitrogens with zero attached hydrogens (tertiary/aromatic N) is 1. The number of nitrogens with one attached hydrogen (secondary N) is 1. The summed E-state index contributed by atoms with van der Waals surface area (Å²) in [6, 6.07) is 3.69. The highest BCUT2D eigenvalue weighted by atomic mass is 32.2. The van der Waals surface area contributed by atoms with Crippen molar-refractivity contribution in [3.05, 3.63) is 24.0 Å². The topological polar surface area (TPSA) is 62.8 Å². The zero-order valence-electron chi connectivity index (χ0n) is 8.24. The highest BCUT2D eigenvalue weighted by molar-refractivity contribution is 7.91. The first-order valence-corrected chi connectivity index (χ1v) is 5.94. The lowest BCUT2D eigenvalue weighted by atomic mass is 10.3. The number of hydrogen-bond donors (Lipinski definition) is 1. The number of hydrogen-bond acceptors (Lipinski definition) is 3. The predicted molar refractivity (Wildman–Crippen MR) is 54.0 cm³/mol. The lowest BCUT2D eigenvalue weighted by molar-refractivity contribution is 0.235. The SMILES string of the molecule is Cc1nc2ccc(S(=O)(=O)C(F)F)cc2[nH]1. The van der Waals surface area contributed by atoms with Crippen LogP contribution in [-0.2, 0) is 9.84 Å². The summed E-state index contributed by atoms with van der Waals surface area (Å²) in [5.74, 6) is -2.81. The Morgan fingerprint density at radius 2 is 2.06 bits per heavy atom. The molecule has 0 amide bonds. The highest BCUT2D eigenvalue weighted by Gasteiger charge is 2.26. The average Bonchev–Trinajstić information content (AvgIpc) is 2.56. The lowest BCUT2D eigenvalue weighted by Gasteiger charge is -2.01. The van der Waals surface area contributed by atoms with Gasteiger partial charge in [-0.05, 0) is 25.1 Å². The van der Waals surface area contributed by atoms with Gasteiger partial charge in [-0.3, -0.25) is 0 Å². The van der Waals surface area contributed by atoms with Gasteiger partial charge in [0, 0.05) is 0 Å². The van der Waals surface area contributed by atoms with Crippen LogP contribution in [0.4, 0.5) is 8.78 Å². The van der Waals surface area contributed by atoms with Crippen LogP contribution in [0, 0.1) is 6.92 Å². The highest BCUT2D eigenvalue weighted by Crippen LogP contribution is 2.21. The minimum atomic E-state index is -4.54. The van der Waals surface area contributed by atoms with Gasteiger partial charge in [-0.25, -0.2) is 13.4 Å². The van der Waals surface area contributed by atoms with E-state index in [1.165, 1.54) is 6.07 Å². The third-order valence-electron chi connectivity index (χ3n) is 2.13. The number of aromatic nitrogens is 2. The molecule has 1 aromatic carbocycles. The first-order chi connectivity index (χ1) is 7.41. The Morgan fingerprint density at radius 3 is 2.69 bits per heavy atom. The van der Waals surface area contributed by atoms with E-state index in [0.717, 1.165) is 12.1 Å². The summed E-state index contributed by atoms with van der Waals surface area (Å²) in [5.41, 5.74) is 0.977. The van der Waals surface area contributed by atoms with Gasteiger partial charge in [-0.15, -0.1) is 0 Å². The Bertz CT molecular complexity index is 634. The summed E-state index contributed by atoms with van der Waals surface area (Å²) in [4.78, 5) is 6.43. The standard InChI is InChI=1S/C9H8F2N2O2S/c1-5-12-7-3-2-6(4-8(7)13-5)16(14,15)9(10)11/h2-4,9H,1H3,(H,12,13). The maximum Gasteiger partial charge on any atom is 0.341 e. The Labute approximate surface area is 90.2 Å². The number of aromatic amines is 1. The molecule has 0 aliphatic rings. The smallest absolute Gasteiger partial charge is 0.341 e. The van der Waals surface area contributed by atoms with Gasteiger partial charge in [0.2, 0.25) is 9.84 Å². The van der Waals surface area contributed by atoms with E-state index in [9.17, 15) is 17.2 Å². The number of sulfone groups is 1. The molecule has 0 fully saturated rings. The number of aryl methyl sites for hydroxylation is 1. The van der Waals surface area contributed by atoms with Crippen LogP contribution < -0.4 is 0 Å². The molecule has 0 unspecified atom stereocenters. The lowest BCUT2D eigenvalue weighted by Crippen LogP contribution is -2.11. The number of rotatable bonds is 2. The number of alkyl halides is 2. The van der Waals surface area contributed by atoms with E-state index in [1.807, 2.05) is 0 Å². The maximum absolute atomic E-state index is 12.3.